The van der Waals surface area contributed by atoms with Gasteiger partial charge in [-0.05, 0) is 91.8 Å². The van der Waals surface area contributed by atoms with Gasteiger partial charge in [0.1, 0.15) is 24.8 Å². The van der Waals surface area contributed by atoms with E-state index in [0.29, 0.717) is 11.4 Å². The fraction of sp³-hybridized carbons (Fsp3) is 0.474. The van der Waals surface area contributed by atoms with Crippen LogP contribution >= 0.6 is 69.5 Å². The molecule has 1 heterocycles. The minimum Gasteiger partial charge on any atom is -0.464 e. The molecule has 0 N–H and O–H groups in total. The van der Waals surface area contributed by atoms with Gasteiger partial charge in [-0.25, -0.2) is 4.79 Å². The molecule has 1 aromatic carbocycles. The molecule has 2 rings (SSSR count). The molecular formula is C19H21ClI2NO4PS. The van der Waals surface area contributed by atoms with Gasteiger partial charge < -0.3 is 14.4 Å². The Morgan fingerprint density at radius 3 is 2.69 bits per heavy atom. The third-order valence-corrected chi connectivity index (χ3v) is 9.07. The number of rotatable bonds is 7. The third kappa shape index (κ3) is 7.39. The molecule has 1 saturated heterocycles. The number of amides is 1. The fourth-order valence-electron chi connectivity index (χ4n) is 3.08. The summed E-state index contributed by atoms with van der Waals surface area (Å²) in [4.78, 5) is 27.1. The van der Waals surface area contributed by atoms with E-state index in [1.165, 1.54) is 11.4 Å². The topological polar surface area (TPSA) is 55.8 Å². The predicted octanol–water partition coefficient (Wildman–Crippen LogP) is 6.13. The number of benzene rings is 1. The summed E-state index contributed by atoms with van der Waals surface area (Å²) in [6, 6.07) is 6.02. The lowest BCUT2D eigenvalue weighted by atomic mass is 9.96. The summed E-state index contributed by atoms with van der Waals surface area (Å²) >= 11 is 12.2. The van der Waals surface area contributed by atoms with E-state index in [0.717, 1.165) is 12.0 Å². The summed E-state index contributed by atoms with van der Waals surface area (Å²) in [5.74, 6) is 2.54. The first-order valence-electron chi connectivity index (χ1n) is 9.03. The highest BCUT2D eigenvalue weighted by Gasteiger charge is 2.43. The summed E-state index contributed by atoms with van der Waals surface area (Å²) in [7, 11) is 0. The minimum absolute atomic E-state index is 0.108. The van der Waals surface area contributed by atoms with E-state index >= 15 is 0 Å². The number of hydrogen-bond donors (Lipinski definition) is 0. The van der Waals surface area contributed by atoms with Crippen molar-refractivity contribution in [2.24, 2.45) is 0 Å². The molecule has 0 aliphatic carbocycles. The van der Waals surface area contributed by atoms with Crippen LogP contribution in [0.15, 0.2) is 24.3 Å². The van der Waals surface area contributed by atoms with Crippen molar-refractivity contribution in [2.45, 2.75) is 44.9 Å². The lowest BCUT2D eigenvalue weighted by Gasteiger charge is -2.41. The van der Waals surface area contributed by atoms with Crippen LogP contribution in [0.5, 0.6) is 0 Å². The Morgan fingerprint density at radius 2 is 2.10 bits per heavy atom. The van der Waals surface area contributed by atoms with Crippen molar-refractivity contribution in [3.8, 4) is 11.2 Å². The summed E-state index contributed by atoms with van der Waals surface area (Å²) in [5, 5.41) is 3.73. The molecule has 0 saturated carbocycles. The second-order valence-electron chi connectivity index (χ2n) is 6.13. The Morgan fingerprint density at radius 1 is 1.41 bits per heavy atom. The molecule has 3 atom stereocenters. The van der Waals surface area contributed by atoms with Crippen LogP contribution in [0.3, 0.4) is 0 Å². The standard InChI is InChI=1S/C19H21ClI2NO4PS/c1-3-5-16(19(25)26-4-2)23-15(10-11-29-28(21)22)18(27-12-17(23)24)13-6-8-14(20)9-7-13/h6-9,15-16,18H,3-5,12H2,1-2H3/t15-,16-,18+/m0/s1. The first-order valence-corrected chi connectivity index (χ1v) is 17.7. The zero-order chi connectivity index (χ0) is 21.4. The van der Waals surface area contributed by atoms with E-state index in [1.807, 2.05) is 19.1 Å². The average molecular weight is 680 g/mol. The molecular weight excluding hydrogens is 659 g/mol. The molecule has 10 heteroatoms. The maximum Gasteiger partial charge on any atom is 0.328 e. The molecule has 0 radical (unpaired) electrons. The summed E-state index contributed by atoms with van der Waals surface area (Å²) in [6.45, 7) is 3.89. The van der Waals surface area contributed by atoms with Crippen LogP contribution in [0, 0.1) is 11.2 Å². The van der Waals surface area contributed by atoms with Crippen molar-refractivity contribution in [1.82, 2.24) is 4.90 Å². The second-order valence-corrected chi connectivity index (χ2v) is 24.3. The summed E-state index contributed by atoms with van der Waals surface area (Å²) in [6.07, 6.45) is 0.775. The van der Waals surface area contributed by atoms with Gasteiger partial charge in [0, 0.05) is 5.02 Å². The Bertz CT molecular complexity index is 772. The van der Waals surface area contributed by atoms with Gasteiger partial charge in [0.25, 0.3) is 0 Å². The quantitative estimate of drug-likeness (QED) is 0.150. The molecule has 1 aliphatic heterocycles. The zero-order valence-corrected chi connectivity index (χ0v) is 22.7. The van der Waals surface area contributed by atoms with Crippen LogP contribution < -0.4 is 0 Å². The van der Waals surface area contributed by atoms with Crippen molar-refractivity contribution < 1.29 is 19.1 Å². The fourth-order valence-corrected chi connectivity index (χ4v) is 5.58. The zero-order valence-electron chi connectivity index (χ0n) is 15.9. The SMILES string of the molecule is CCC[C@@H](C(=O)OCC)N1C(=O)CO[C@H](c2ccc(Cl)cc2)[C@@H]1C#CSP(I)I. The van der Waals surface area contributed by atoms with Crippen LogP contribution in [0.25, 0.3) is 0 Å². The smallest absolute Gasteiger partial charge is 0.328 e. The Labute approximate surface area is 207 Å². The first-order chi connectivity index (χ1) is 13.9. The number of ether oxygens (including phenoxy) is 2. The van der Waals surface area contributed by atoms with Gasteiger partial charge in [-0.3, -0.25) is 4.79 Å². The van der Waals surface area contributed by atoms with Crippen LogP contribution in [-0.4, -0.2) is 42.1 Å². The van der Waals surface area contributed by atoms with E-state index in [1.54, 1.807) is 24.0 Å². The summed E-state index contributed by atoms with van der Waals surface area (Å²) in [5.41, 5.74) is 0.863. The van der Waals surface area contributed by atoms with Crippen LogP contribution in [0.2, 0.25) is 5.02 Å². The van der Waals surface area contributed by atoms with E-state index in [2.05, 4.69) is 55.3 Å². The molecule has 1 fully saturated rings. The largest absolute Gasteiger partial charge is 0.464 e. The third-order valence-electron chi connectivity index (χ3n) is 4.24. The van der Waals surface area contributed by atoms with Crippen LogP contribution in [0.4, 0.5) is 0 Å². The van der Waals surface area contributed by atoms with E-state index in [-0.39, 0.29) is 21.5 Å². The summed E-state index contributed by atoms with van der Waals surface area (Å²) < 4.78 is 10.8. The molecule has 1 amide bonds. The number of esters is 1. The highest BCUT2D eigenvalue weighted by molar-refractivity contribution is 14.3. The first kappa shape index (κ1) is 25.5. The number of hydrogen-bond acceptors (Lipinski definition) is 5. The molecule has 0 spiro atoms. The highest BCUT2D eigenvalue weighted by Crippen LogP contribution is 2.64. The molecule has 1 aliphatic rings. The van der Waals surface area contributed by atoms with Gasteiger partial charge in [0.15, 0.2) is 0 Å². The van der Waals surface area contributed by atoms with E-state index < -0.39 is 24.2 Å². The number of nitrogens with zero attached hydrogens (tertiary/aromatic N) is 1. The molecule has 158 valence electrons. The van der Waals surface area contributed by atoms with Crippen LogP contribution in [-0.2, 0) is 19.1 Å². The average Bonchev–Trinajstić information content (AvgIpc) is 2.68. The molecule has 0 unspecified atom stereocenters. The maximum absolute atomic E-state index is 12.9. The Hall–Kier alpha value is 0.210. The number of carbonyl (C=O) groups excluding carboxylic acids is 2. The lowest BCUT2D eigenvalue weighted by molar-refractivity contribution is -0.169. The minimum atomic E-state index is -0.684. The van der Waals surface area contributed by atoms with Crippen molar-refractivity contribution in [1.29, 1.82) is 0 Å². The van der Waals surface area contributed by atoms with Crippen molar-refractivity contribution in [3.63, 3.8) is 0 Å². The van der Waals surface area contributed by atoms with Crippen molar-refractivity contribution >= 4 is 81.3 Å². The molecule has 0 bridgehead atoms. The second kappa shape index (κ2) is 12.9. The molecule has 1 aromatic rings. The number of carbonyl (C=O) groups is 2. The van der Waals surface area contributed by atoms with Crippen molar-refractivity contribution in [3.05, 3.63) is 34.9 Å². The molecule has 29 heavy (non-hydrogen) atoms. The van der Waals surface area contributed by atoms with Gasteiger partial charge >= 0.3 is 5.97 Å². The molecule has 0 aromatic heterocycles. The molecule has 5 nitrogen and oxygen atoms in total. The van der Waals surface area contributed by atoms with E-state index in [4.69, 9.17) is 21.1 Å². The Balaban J connectivity index is 2.46. The van der Waals surface area contributed by atoms with Crippen molar-refractivity contribution in [2.75, 3.05) is 13.2 Å². The predicted molar refractivity (Wildman–Crippen MR) is 136 cm³/mol. The van der Waals surface area contributed by atoms with Crippen LogP contribution in [0.1, 0.15) is 38.4 Å². The van der Waals surface area contributed by atoms with Gasteiger partial charge in [-0.1, -0.05) is 43.0 Å². The highest BCUT2D eigenvalue weighted by atomic mass is 127. The maximum atomic E-state index is 12.9. The van der Waals surface area contributed by atoms with Gasteiger partial charge in [0.2, 0.25) is 5.91 Å². The van der Waals surface area contributed by atoms with E-state index in [9.17, 15) is 9.59 Å². The van der Waals surface area contributed by atoms with Gasteiger partial charge in [-0.15, -0.1) is 0 Å². The monoisotopic (exact) mass is 679 g/mol. The van der Waals surface area contributed by atoms with Gasteiger partial charge in [-0.2, -0.15) is 0 Å². The van der Waals surface area contributed by atoms with Gasteiger partial charge in [0.05, 0.1) is 9.02 Å². The Kier molecular flexibility index (Phi) is 11.3. The number of halogens is 3. The number of morpholine rings is 1. The normalized spacial score (nSPS) is 20.2. The lowest BCUT2D eigenvalue weighted by Crippen LogP contribution is -2.57.